The Morgan fingerprint density at radius 3 is 2.54 bits per heavy atom. The lowest BCUT2D eigenvalue weighted by molar-refractivity contribution is 0.112. The first-order valence-electron chi connectivity index (χ1n) is 3.37. The quantitative estimate of drug-likeness (QED) is 0.574. The van der Waals surface area contributed by atoms with Crippen LogP contribution in [0.1, 0.15) is 10.4 Å². The van der Waals surface area contributed by atoms with Crippen LogP contribution in [0, 0.1) is 5.82 Å². The molecule has 0 fully saturated rings. The largest absolute Gasteiger partial charge is 0.492 e. The minimum Gasteiger partial charge on any atom is -0.423 e. The van der Waals surface area contributed by atoms with E-state index >= 15 is 0 Å². The Morgan fingerprint density at radius 1 is 1.46 bits per heavy atom. The van der Waals surface area contributed by atoms with Gasteiger partial charge < -0.3 is 10.0 Å². The Morgan fingerprint density at radius 2 is 2.08 bits per heavy atom. The van der Waals surface area contributed by atoms with E-state index in [0.29, 0.717) is 6.29 Å². The molecule has 13 heavy (non-hydrogen) atoms. The number of halogens is 2. The molecule has 0 bridgehead atoms. The molecule has 0 unspecified atom stereocenters. The van der Waals surface area contributed by atoms with E-state index in [1.807, 2.05) is 0 Å². The van der Waals surface area contributed by atoms with E-state index in [-0.39, 0.29) is 15.5 Å². The van der Waals surface area contributed by atoms with Crippen LogP contribution in [0.4, 0.5) is 4.39 Å². The molecular formula is C7H5BBrFO3. The number of rotatable bonds is 2. The third kappa shape index (κ3) is 1.96. The summed E-state index contributed by atoms with van der Waals surface area (Å²) in [5.41, 5.74) is -0.158. The summed E-state index contributed by atoms with van der Waals surface area (Å²) >= 11 is 2.90. The van der Waals surface area contributed by atoms with E-state index < -0.39 is 12.9 Å². The molecule has 3 nitrogen and oxygen atoms in total. The fourth-order valence-electron chi connectivity index (χ4n) is 0.914. The van der Waals surface area contributed by atoms with E-state index in [9.17, 15) is 9.18 Å². The molecule has 1 aromatic rings. The molecule has 6 heteroatoms. The Balaban J connectivity index is 3.38. The van der Waals surface area contributed by atoms with E-state index in [4.69, 9.17) is 10.0 Å². The average molecular weight is 247 g/mol. The van der Waals surface area contributed by atoms with Crippen molar-refractivity contribution < 1.29 is 19.2 Å². The topological polar surface area (TPSA) is 57.5 Å². The number of hydrogen-bond acceptors (Lipinski definition) is 3. The molecule has 0 radical (unpaired) electrons. The molecule has 1 rings (SSSR count). The molecular weight excluding hydrogens is 242 g/mol. The lowest BCUT2D eigenvalue weighted by Crippen LogP contribution is -2.34. The minimum absolute atomic E-state index is 0.0671. The maximum Gasteiger partial charge on any atom is 0.492 e. The zero-order valence-electron chi connectivity index (χ0n) is 6.37. The Hall–Kier alpha value is -0.715. The van der Waals surface area contributed by atoms with Crippen molar-refractivity contribution in [1.29, 1.82) is 0 Å². The van der Waals surface area contributed by atoms with Crippen molar-refractivity contribution in [2.45, 2.75) is 0 Å². The standard InChI is InChI=1S/C7H5BBrFO3/c9-7-4(3-11)1-2-5(10)6(7)8(12)13/h1-3,12-13H. The SMILES string of the molecule is O=Cc1ccc(F)c(B(O)O)c1Br. The number of carbonyl (C=O) groups excluding carboxylic acids is 1. The van der Waals surface area contributed by atoms with E-state index in [1.165, 1.54) is 6.07 Å². The molecule has 2 N–H and O–H groups in total. The third-order valence-electron chi connectivity index (χ3n) is 1.54. The van der Waals surface area contributed by atoms with Crippen LogP contribution in [0.15, 0.2) is 16.6 Å². The summed E-state index contributed by atoms with van der Waals surface area (Å²) in [5.74, 6) is -0.771. The van der Waals surface area contributed by atoms with Crippen molar-refractivity contribution in [2.75, 3.05) is 0 Å². The summed E-state index contributed by atoms with van der Waals surface area (Å²) in [6.45, 7) is 0. The van der Waals surface area contributed by atoms with E-state index in [2.05, 4.69) is 15.9 Å². The number of hydrogen-bond donors (Lipinski definition) is 2. The van der Waals surface area contributed by atoms with Gasteiger partial charge in [-0.25, -0.2) is 4.39 Å². The predicted octanol–water partition coefficient (Wildman–Crippen LogP) is 0.0805. The Labute approximate surface area is 82.5 Å². The molecule has 1 aromatic carbocycles. The fourth-order valence-corrected chi connectivity index (χ4v) is 1.53. The summed E-state index contributed by atoms with van der Waals surface area (Å²) in [7, 11) is -1.94. The molecule has 0 atom stereocenters. The fraction of sp³-hybridized carbons (Fsp3) is 0. The van der Waals surface area contributed by atoms with Gasteiger partial charge in [0.05, 0.1) is 0 Å². The molecule has 0 saturated heterocycles. The number of aldehydes is 1. The summed E-state index contributed by atoms with van der Waals surface area (Å²) in [6, 6.07) is 2.25. The van der Waals surface area contributed by atoms with Crippen LogP contribution in [0.25, 0.3) is 0 Å². The smallest absolute Gasteiger partial charge is 0.423 e. The molecule has 0 aliphatic rings. The van der Waals surface area contributed by atoms with Crippen LogP contribution in [0.3, 0.4) is 0 Å². The van der Waals surface area contributed by atoms with Crippen molar-refractivity contribution in [1.82, 2.24) is 0 Å². The molecule has 0 aliphatic carbocycles. The molecule has 0 amide bonds. The summed E-state index contributed by atoms with van der Waals surface area (Å²) in [6.07, 6.45) is 0.495. The molecule has 0 aliphatic heterocycles. The molecule has 68 valence electrons. The second kappa shape index (κ2) is 4.00. The Kier molecular flexibility index (Phi) is 3.19. The van der Waals surface area contributed by atoms with Crippen molar-refractivity contribution in [3.8, 4) is 0 Å². The second-order valence-electron chi connectivity index (χ2n) is 2.36. The monoisotopic (exact) mass is 246 g/mol. The highest BCUT2D eigenvalue weighted by Crippen LogP contribution is 2.14. The highest BCUT2D eigenvalue weighted by Gasteiger charge is 2.21. The van der Waals surface area contributed by atoms with Gasteiger partial charge in [-0.1, -0.05) is 15.9 Å². The maximum absolute atomic E-state index is 13.0. The van der Waals surface area contributed by atoms with Crippen LogP contribution in [-0.2, 0) is 0 Å². The lowest BCUT2D eigenvalue weighted by atomic mass is 9.79. The minimum atomic E-state index is -1.94. The molecule has 0 saturated carbocycles. The molecule has 0 spiro atoms. The van der Waals surface area contributed by atoms with Gasteiger partial charge in [-0.05, 0) is 12.1 Å². The van der Waals surface area contributed by atoms with Crippen molar-refractivity contribution in [2.24, 2.45) is 0 Å². The number of carbonyl (C=O) groups is 1. The van der Waals surface area contributed by atoms with Gasteiger partial charge in [0, 0.05) is 15.5 Å². The summed E-state index contributed by atoms with van der Waals surface area (Å²) < 4.78 is 13.0. The van der Waals surface area contributed by atoms with Gasteiger partial charge >= 0.3 is 7.12 Å². The highest BCUT2D eigenvalue weighted by molar-refractivity contribution is 9.10. The zero-order chi connectivity index (χ0) is 10.0. The van der Waals surface area contributed by atoms with Gasteiger partial charge in [0.2, 0.25) is 0 Å². The molecule has 0 aromatic heterocycles. The van der Waals surface area contributed by atoms with E-state index in [1.54, 1.807) is 0 Å². The van der Waals surface area contributed by atoms with Crippen molar-refractivity contribution >= 4 is 34.8 Å². The van der Waals surface area contributed by atoms with Crippen LogP contribution in [0.2, 0.25) is 0 Å². The first kappa shape index (κ1) is 10.4. The van der Waals surface area contributed by atoms with Gasteiger partial charge in [0.1, 0.15) is 5.82 Å². The first-order valence-corrected chi connectivity index (χ1v) is 4.16. The van der Waals surface area contributed by atoms with Crippen LogP contribution >= 0.6 is 15.9 Å². The maximum atomic E-state index is 13.0. The zero-order valence-corrected chi connectivity index (χ0v) is 7.95. The number of benzene rings is 1. The molecule has 0 heterocycles. The highest BCUT2D eigenvalue weighted by atomic mass is 79.9. The average Bonchev–Trinajstić information content (AvgIpc) is 2.04. The summed E-state index contributed by atoms with van der Waals surface area (Å²) in [5, 5.41) is 17.5. The van der Waals surface area contributed by atoms with Crippen LogP contribution in [0.5, 0.6) is 0 Å². The van der Waals surface area contributed by atoms with Crippen LogP contribution < -0.4 is 5.46 Å². The van der Waals surface area contributed by atoms with Crippen molar-refractivity contribution in [3.05, 3.63) is 28.0 Å². The van der Waals surface area contributed by atoms with Crippen LogP contribution in [-0.4, -0.2) is 23.5 Å². The third-order valence-corrected chi connectivity index (χ3v) is 2.43. The van der Waals surface area contributed by atoms with Gasteiger partial charge in [0.25, 0.3) is 0 Å². The van der Waals surface area contributed by atoms with Gasteiger partial charge in [-0.2, -0.15) is 0 Å². The van der Waals surface area contributed by atoms with Gasteiger partial charge in [-0.3, -0.25) is 4.79 Å². The lowest BCUT2D eigenvalue weighted by Gasteiger charge is -2.05. The second-order valence-corrected chi connectivity index (χ2v) is 3.15. The summed E-state index contributed by atoms with van der Waals surface area (Å²) in [4.78, 5) is 10.4. The van der Waals surface area contributed by atoms with Gasteiger partial charge in [-0.15, -0.1) is 0 Å². The normalized spacial score (nSPS) is 9.85. The van der Waals surface area contributed by atoms with Crippen molar-refractivity contribution in [3.63, 3.8) is 0 Å². The first-order chi connectivity index (χ1) is 6.07. The van der Waals surface area contributed by atoms with E-state index in [0.717, 1.165) is 6.07 Å². The van der Waals surface area contributed by atoms with Gasteiger partial charge in [0.15, 0.2) is 6.29 Å². The Bertz CT molecular complexity index is 343. The predicted molar refractivity (Wildman–Crippen MR) is 49.3 cm³/mol.